The molecule has 1 aromatic rings. The van der Waals surface area contributed by atoms with Crippen LogP contribution in [0.3, 0.4) is 0 Å². The first-order valence-electron chi connectivity index (χ1n) is 6.10. The third-order valence-electron chi connectivity index (χ3n) is 2.86. The summed E-state index contributed by atoms with van der Waals surface area (Å²) in [7, 11) is 0. The summed E-state index contributed by atoms with van der Waals surface area (Å²) in [4.78, 5) is 0. The average molecular weight is 221 g/mol. The Morgan fingerprint density at radius 1 is 1.19 bits per heavy atom. The molecule has 2 heteroatoms. The maximum atomic E-state index is 8.89. The molecule has 2 N–H and O–H groups in total. The molecule has 2 atom stereocenters. The third-order valence-corrected chi connectivity index (χ3v) is 2.86. The van der Waals surface area contributed by atoms with Crippen LogP contribution in [0.5, 0.6) is 0 Å². The summed E-state index contributed by atoms with van der Waals surface area (Å²) < 4.78 is 0. The molecule has 2 nitrogen and oxygen atoms in total. The molecule has 0 aliphatic heterocycles. The van der Waals surface area contributed by atoms with Gasteiger partial charge in [0, 0.05) is 6.04 Å². The summed E-state index contributed by atoms with van der Waals surface area (Å²) in [5.41, 5.74) is 1.41. The Morgan fingerprint density at radius 3 is 2.50 bits per heavy atom. The van der Waals surface area contributed by atoms with E-state index in [1.807, 2.05) is 6.92 Å². The lowest BCUT2D eigenvalue weighted by molar-refractivity contribution is 0.246. The summed E-state index contributed by atoms with van der Waals surface area (Å²) in [5.74, 6) is 0.647. The summed E-state index contributed by atoms with van der Waals surface area (Å²) in [6.45, 7) is 5.45. The maximum Gasteiger partial charge on any atom is 0.0581 e. The Labute approximate surface area is 98.7 Å². The van der Waals surface area contributed by atoms with Gasteiger partial charge in [-0.2, -0.15) is 0 Å². The lowest BCUT2D eigenvalue weighted by atomic mass is 10.0. The molecule has 1 aromatic carbocycles. The minimum Gasteiger partial charge on any atom is -0.395 e. The molecule has 0 spiro atoms. The van der Waals surface area contributed by atoms with Gasteiger partial charge in [0.2, 0.25) is 0 Å². The molecule has 0 fully saturated rings. The second kappa shape index (κ2) is 7.42. The Hall–Kier alpha value is -0.860. The standard InChI is InChI=1S/C14H23NO/c1-12(10-15-13(2)11-16)8-9-14-6-4-3-5-7-14/h3-7,12-13,15-16H,8-11H2,1-2H3/t12?,13-/m0/s1. The Balaban J connectivity index is 2.18. The van der Waals surface area contributed by atoms with Crippen LogP contribution in [-0.4, -0.2) is 24.3 Å². The van der Waals surface area contributed by atoms with E-state index in [1.165, 1.54) is 12.0 Å². The Bertz CT molecular complexity index is 273. The molecule has 0 saturated heterocycles. The minimum absolute atomic E-state index is 0.208. The van der Waals surface area contributed by atoms with E-state index in [0.29, 0.717) is 5.92 Å². The monoisotopic (exact) mass is 221 g/mol. The highest BCUT2D eigenvalue weighted by Crippen LogP contribution is 2.08. The zero-order chi connectivity index (χ0) is 11.8. The number of hydrogen-bond acceptors (Lipinski definition) is 2. The van der Waals surface area contributed by atoms with Gasteiger partial charge in [-0.3, -0.25) is 0 Å². The molecule has 0 amide bonds. The highest BCUT2D eigenvalue weighted by atomic mass is 16.3. The van der Waals surface area contributed by atoms with Gasteiger partial charge in [0.05, 0.1) is 6.61 Å². The number of aryl methyl sites for hydroxylation is 1. The lowest BCUT2D eigenvalue weighted by Crippen LogP contribution is -2.33. The van der Waals surface area contributed by atoms with Crippen molar-refractivity contribution in [2.45, 2.75) is 32.7 Å². The van der Waals surface area contributed by atoms with Gasteiger partial charge in [-0.25, -0.2) is 0 Å². The van der Waals surface area contributed by atoms with Crippen molar-refractivity contribution in [1.82, 2.24) is 5.32 Å². The number of benzene rings is 1. The predicted molar refractivity (Wildman–Crippen MR) is 68.5 cm³/mol. The number of aliphatic hydroxyl groups is 1. The normalized spacial score (nSPS) is 14.7. The number of rotatable bonds is 7. The van der Waals surface area contributed by atoms with Gasteiger partial charge in [0.25, 0.3) is 0 Å². The first-order valence-corrected chi connectivity index (χ1v) is 6.10. The molecule has 0 saturated carbocycles. The first-order chi connectivity index (χ1) is 7.72. The molecular formula is C14H23NO. The number of aliphatic hydroxyl groups excluding tert-OH is 1. The minimum atomic E-state index is 0.208. The summed E-state index contributed by atoms with van der Waals surface area (Å²) >= 11 is 0. The van der Waals surface area contributed by atoms with Crippen LogP contribution in [0, 0.1) is 5.92 Å². The summed E-state index contributed by atoms with van der Waals surface area (Å²) in [6, 6.07) is 10.8. The van der Waals surface area contributed by atoms with E-state index in [0.717, 1.165) is 13.0 Å². The van der Waals surface area contributed by atoms with Crippen molar-refractivity contribution < 1.29 is 5.11 Å². The fourth-order valence-corrected chi connectivity index (χ4v) is 1.63. The lowest BCUT2D eigenvalue weighted by Gasteiger charge is -2.16. The van der Waals surface area contributed by atoms with Gasteiger partial charge in [-0.05, 0) is 37.8 Å². The molecule has 0 bridgehead atoms. The number of hydrogen-bond donors (Lipinski definition) is 2. The SMILES string of the molecule is CC(CCc1ccccc1)CN[C@@H](C)CO. The van der Waals surface area contributed by atoms with E-state index < -0.39 is 0 Å². The van der Waals surface area contributed by atoms with Crippen molar-refractivity contribution in [2.75, 3.05) is 13.2 Å². The van der Waals surface area contributed by atoms with Crippen LogP contribution in [0.2, 0.25) is 0 Å². The van der Waals surface area contributed by atoms with Gasteiger partial charge in [-0.15, -0.1) is 0 Å². The summed E-state index contributed by atoms with van der Waals surface area (Å²) in [6.07, 6.45) is 2.33. The molecule has 16 heavy (non-hydrogen) atoms. The van der Waals surface area contributed by atoms with Gasteiger partial charge in [-0.1, -0.05) is 37.3 Å². The summed E-state index contributed by atoms with van der Waals surface area (Å²) in [5, 5.41) is 12.2. The van der Waals surface area contributed by atoms with E-state index in [9.17, 15) is 0 Å². The average Bonchev–Trinajstić information content (AvgIpc) is 2.34. The Morgan fingerprint density at radius 2 is 1.88 bits per heavy atom. The molecular weight excluding hydrogens is 198 g/mol. The molecule has 0 heterocycles. The van der Waals surface area contributed by atoms with E-state index in [1.54, 1.807) is 0 Å². The van der Waals surface area contributed by atoms with Crippen LogP contribution in [0.15, 0.2) is 30.3 Å². The maximum absolute atomic E-state index is 8.89. The smallest absolute Gasteiger partial charge is 0.0581 e. The van der Waals surface area contributed by atoms with Crippen LogP contribution in [0.25, 0.3) is 0 Å². The fourth-order valence-electron chi connectivity index (χ4n) is 1.63. The second-order valence-electron chi connectivity index (χ2n) is 4.62. The van der Waals surface area contributed by atoms with Crippen LogP contribution >= 0.6 is 0 Å². The first kappa shape index (κ1) is 13.2. The highest BCUT2D eigenvalue weighted by Gasteiger charge is 2.04. The molecule has 0 aromatic heterocycles. The molecule has 1 rings (SSSR count). The zero-order valence-corrected chi connectivity index (χ0v) is 10.3. The highest BCUT2D eigenvalue weighted by molar-refractivity contribution is 5.14. The zero-order valence-electron chi connectivity index (χ0n) is 10.3. The van der Waals surface area contributed by atoms with E-state index >= 15 is 0 Å². The molecule has 0 aliphatic rings. The van der Waals surface area contributed by atoms with E-state index in [-0.39, 0.29) is 12.6 Å². The van der Waals surface area contributed by atoms with Gasteiger partial charge >= 0.3 is 0 Å². The van der Waals surface area contributed by atoms with E-state index in [4.69, 9.17) is 5.11 Å². The number of nitrogens with one attached hydrogen (secondary N) is 1. The van der Waals surface area contributed by atoms with Crippen LogP contribution in [-0.2, 0) is 6.42 Å². The van der Waals surface area contributed by atoms with Crippen molar-refractivity contribution in [3.05, 3.63) is 35.9 Å². The van der Waals surface area contributed by atoms with Crippen LogP contribution < -0.4 is 5.32 Å². The van der Waals surface area contributed by atoms with Crippen molar-refractivity contribution in [3.8, 4) is 0 Å². The van der Waals surface area contributed by atoms with Gasteiger partial charge < -0.3 is 10.4 Å². The van der Waals surface area contributed by atoms with Crippen molar-refractivity contribution in [1.29, 1.82) is 0 Å². The van der Waals surface area contributed by atoms with Crippen molar-refractivity contribution >= 4 is 0 Å². The second-order valence-corrected chi connectivity index (χ2v) is 4.62. The topological polar surface area (TPSA) is 32.3 Å². The largest absolute Gasteiger partial charge is 0.395 e. The van der Waals surface area contributed by atoms with Crippen LogP contribution in [0.4, 0.5) is 0 Å². The van der Waals surface area contributed by atoms with Crippen molar-refractivity contribution in [3.63, 3.8) is 0 Å². The predicted octanol–water partition coefficient (Wildman–Crippen LogP) is 2.23. The molecule has 0 radical (unpaired) electrons. The fraction of sp³-hybridized carbons (Fsp3) is 0.571. The Kier molecular flexibility index (Phi) is 6.12. The van der Waals surface area contributed by atoms with Gasteiger partial charge in [0.15, 0.2) is 0 Å². The quantitative estimate of drug-likeness (QED) is 0.740. The molecule has 90 valence electrons. The van der Waals surface area contributed by atoms with Crippen LogP contribution in [0.1, 0.15) is 25.8 Å². The molecule has 1 unspecified atom stereocenters. The van der Waals surface area contributed by atoms with Crippen molar-refractivity contribution in [2.24, 2.45) is 5.92 Å². The van der Waals surface area contributed by atoms with Gasteiger partial charge in [0.1, 0.15) is 0 Å². The molecule has 0 aliphatic carbocycles. The van der Waals surface area contributed by atoms with E-state index in [2.05, 4.69) is 42.6 Å². The third kappa shape index (κ3) is 5.29.